The lowest BCUT2D eigenvalue weighted by Crippen LogP contribution is -2.29. The zero-order chi connectivity index (χ0) is 22.2. The number of carbonyl (C=O) groups is 1. The van der Waals surface area contributed by atoms with E-state index in [-0.39, 0.29) is 11.9 Å². The van der Waals surface area contributed by atoms with Gasteiger partial charge >= 0.3 is 5.97 Å². The molecule has 172 valence electrons. The van der Waals surface area contributed by atoms with E-state index in [1.54, 1.807) is 0 Å². The summed E-state index contributed by atoms with van der Waals surface area (Å²) >= 11 is 0. The molecule has 29 heavy (non-hydrogen) atoms. The smallest absolute Gasteiger partial charge is 0.308 e. The largest absolute Gasteiger partial charge is 0.465 e. The molecule has 1 saturated carbocycles. The van der Waals surface area contributed by atoms with Crippen molar-refractivity contribution in [2.75, 3.05) is 6.61 Å². The van der Waals surface area contributed by atoms with Gasteiger partial charge in [-0.1, -0.05) is 88.0 Å². The number of rotatable bonds is 10. The van der Waals surface area contributed by atoms with Crippen molar-refractivity contribution in [3.8, 4) is 0 Å². The fraction of sp³-hybridized carbons (Fsp3) is 0.963. The number of carbonyl (C=O) groups excluding carboxylic acids is 1. The normalized spacial score (nSPS) is 24.0. The summed E-state index contributed by atoms with van der Waals surface area (Å²) < 4.78 is 5.97. The first-order chi connectivity index (χ1) is 13.3. The van der Waals surface area contributed by atoms with Gasteiger partial charge in [0.2, 0.25) is 0 Å². The molecule has 5 atom stereocenters. The molecule has 5 unspecified atom stereocenters. The molecule has 2 nitrogen and oxygen atoms in total. The summed E-state index contributed by atoms with van der Waals surface area (Å²) in [7, 11) is 0. The third-order valence-corrected chi connectivity index (χ3v) is 6.86. The topological polar surface area (TPSA) is 26.3 Å². The van der Waals surface area contributed by atoms with Crippen molar-refractivity contribution in [3.63, 3.8) is 0 Å². The van der Waals surface area contributed by atoms with Crippen LogP contribution in [0.4, 0.5) is 0 Å². The highest BCUT2D eigenvalue weighted by atomic mass is 16.5. The average Bonchev–Trinajstić information content (AvgIpc) is 2.58. The molecule has 0 heterocycles. The number of hydrogen-bond acceptors (Lipinski definition) is 2. The van der Waals surface area contributed by atoms with Gasteiger partial charge < -0.3 is 4.74 Å². The molecule has 0 aliphatic heterocycles. The molecule has 2 heteroatoms. The van der Waals surface area contributed by atoms with Gasteiger partial charge in [-0.25, -0.2) is 0 Å². The van der Waals surface area contributed by atoms with Crippen molar-refractivity contribution in [1.82, 2.24) is 0 Å². The molecule has 0 spiro atoms. The summed E-state index contributed by atoms with van der Waals surface area (Å²) in [6.07, 6.45) is 10.6. The second kappa shape index (κ2) is 11.8. The predicted molar refractivity (Wildman–Crippen MR) is 126 cm³/mol. The Balaban J connectivity index is 2.64. The minimum absolute atomic E-state index is 0.0823. The van der Waals surface area contributed by atoms with Crippen LogP contribution in [0, 0.1) is 40.4 Å². The van der Waals surface area contributed by atoms with Gasteiger partial charge in [-0.05, 0) is 66.6 Å². The van der Waals surface area contributed by atoms with Crippen LogP contribution < -0.4 is 0 Å². The molecule has 0 aromatic carbocycles. The Morgan fingerprint density at radius 3 is 2.14 bits per heavy atom. The fourth-order valence-corrected chi connectivity index (χ4v) is 5.49. The Kier molecular flexibility index (Phi) is 10.7. The molecule has 0 bridgehead atoms. The van der Waals surface area contributed by atoms with E-state index in [4.69, 9.17) is 4.74 Å². The van der Waals surface area contributed by atoms with Gasteiger partial charge in [-0.2, -0.15) is 0 Å². The van der Waals surface area contributed by atoms with Crippen molar-refractivity contribution in [3.05, 3.63) is 0 Å². The van der Waals surface area contributed by atoms with Gasteiger partial charge in [-0.3, -0.25) is 4.79 Å². The zero-order valence-corrected chi connectivity index (χ0v) is 21.3. The van der Waals surface area contributed by atoms with Crippen molar-refractivity contribution in [1.29, 1.82) is 0 Å². The van der Waals surface area contributed by atoms with E-state index in [0.717, 1.165) is 24.7 Å². The highest BCUT2D eigenvalue weighted by molar-refractivity contribution is 5.72. The summed E-state index contributed by atoms with van der Waals surface area (Å²) in [5.41, 5.74) is 0.700. The first-order valence-electron chi connectivity index (χ1n) is 12.5. The molecule has 1 aliphatic carbocycles. The molecule has 1 rings (SSSR count). The molecule has 0 saturated heterocycles. The maximum absolute atomic E-state index is 12.8. The SMILES string of the molecule is CCC1CCCC(C(=O)OCC(CCC(C)CC(C)(C)C)C(C)CC(C)(C)C)C1. The van der Waals surface area contributed by atoms with E-state index in [0.29, 0.717) is 29.3 Å². The van der Waals surface area contributed by atoms with Crippen LogP contribution in [0.15, 0.2) is 0 Å². The quantitative estimate of drug-likeness (QED) is 0.340. The van der Waals surface area contributed by atoms with Crippen molar-refractivity contribution >= 4 is 5.97 Å². The maximum atomic E-state index is 12.8. The molecule has 0 aromatic rings. The lowest BCUT2D eigenvalue weighted by Gasteiger charge is -2.32. The van der Waals surface area contributed by atoms with E-state index in [1.165, 1.54) is 44.9 Å². The van der Waals surface area contributed by atoms with E-state index < -0.39 is 0 Å². The van der Waals surface area contributed by atoms with E-state index >= 15 is 0 Å². The lowest BCUT2D eigenvalue weighted by atomic mass is 9.76. The Morgan fingerprint density at radius 1 is 0.966 bits per heavy atom. The fourth-order valence-electron chi connectivity index (χ4n) is 5.49. The first kappa shape index (κ1) is 26.5. The Labute approximate surface area is 182 Å². The van der Waals surface area contributed by atoms with E-state index in [2.05, 4.69) is 62.3 Å². The summed E-state index contributed by atoms with van der Waals surface area (Å²) in [5, 5.41) is 0. The molecule has 0 N–H and O–H groups in total. The van der Waals surface area contributed by atoms with Crippen LogP contribution in [0.2, 0.25) is 0 Å². The molecule has 0 radical (unpaired) electrons. The van der Waals surface area contributed by atoms with Crippen LogP contribution in [-0.4, -0.2) is 12.6 Å². The van der Waals surface area contributed by atoms with Crippen LogP contribution in [0.3, 0.4) is 0 Å². The van der Waals surface area contributed by atoms with Crippen molar-refractivity contribution < 1.29 is 9.53 Å². The number of ether oxygens (including phenoxy) is 1. The molecular formula is C27H52O2. The number of esters is 1. The average molecular weight is 409 g/mol. The Morgan fingerprint density at radius 2 is 1.59 bits per heavy atom. The van der Waals surface area contributed by atoms with Crippen LogP contribution in [0.1, 0.15) is 120 Å². The van der Waals surface area contributed by atoms with E-state index in [1.807, 2.05) is 0 Å². The summed E-state index contributed by atoms with van der Waals surface area (Å²) in [6.45, 7) is 21.6. The lowest BCUT2D eigenvalue weighted by molar-refractivity contribution is -0.152. The molecule has 1 aliphatic rings. The summed E-state index contributed by atoms with van der Waals surface area (Å²) in [5.74, 6) is 2.73. The van der Waals surface area contributed by atoms with Crippen LogP contribution in [-0.2, 0) is 9.53 Å². The van der Waals surface area contributed by atoms with Crippen LogP contribution >= 0.6 is 0 Å². The molecule has 0 aromatic heterocycles. The highest BCUT2D eigenvalue weighted by Gasteiger charge is 2.30. The second-order valence-corrected chi connectivity index (χ2v) is 12.7. The molecule has 1 fully saturated rings. The first-order valence-corrected chi connectivity index (χ1v) is 12.5. The van der Waals surface area contributed by atoms with Crippen molar-refractivity contribution in [2.45, 2.75) is 120 Å². The Hall–Kier alpha value is -0.530. The molecular weight excluding hydrogens is 356 g/mol. The highest BCUT2D eigenvalue weighted by Crippen LogP contribution is 2.35. The maximum Gasteiger partial charge on any atom is 0.308 e. The van der Waals surface area contributed by atoms with E-state index in [9.17, 15) is 4.79 Å². The van der Waals surface area contributed by atoms with Gasteiger partial charge in [0.25, 0.3) is 0 Å². The minimum Gasteiger partial charge on any atom is -0.465 e. The van der Waals surface area contributed by atoms with Gasteiger partial charge in [0.1, 0.15) is 0 Å². The summed E-state index contributed by atoms with van der Waals surface area (Å²) in [6, 6.07) is 0. The van der Waals surface area contributed by atoms with Gasteiger partial charge in [-0.15, -0.1) is 0 Å². The number of hydrogen-bond donors (Lipinski definition) is 0. The van der Waals surface area contributed by atoms with Gasteiger partial charge in [0, 0.05) is 0 Å². The van der Waals surface area contributed by atoms with Crippen LogP contribution in [0.5, 0.6) is 0 Å². The third-order valence-electron chi connectivity index (χ3n) is 6.86. The van der Waals surface area contributed by atoms with Gasteiger partial charge in [0.05, 0.1) is 12.5 Å². The molecule has 0 amide bonds. The minimum atomic E-state index is 0.0823. The predicted octanol–water partition coefficient (Wildman–Crippen LogP) is 8.29. The van der Waals surface area contributed by atoms with Crippen molar-refractivity contribution in [2.24, 2.45) is 40.4 Å². The Bertz CT molecular complexity index is 468. The monoisotopic (exact) mass is 408 g/mol. The van der Waals surface area contributed by atoms with Gasteiger partial charge in [0.15, 0.2) is 0 Å². The summed E-state index contributed by atoms with van der Waals surface area (Å²) in [4.78, 5) is 12.8. The van der Waals surface area contributed by atoms with Crippen LogP contribution in [0.25, 0.3) is 0 Å². The second-order valence-electron chi connectivity index (χ2n) is 12.7. The standard InChI is InChI=1S/C27H52O2/c1-10-22-12-11-13-23(16-22)25(28)29-19-24(21(3)18-27(7,8)9)15-14-20(2)17-26(4,5)6/h20-24H,10-19H2,1-9H3. The zero-order valence-electron chi connectivity index (χ0n) is 21.3. The third kappa shape index (κ3) is 11.4.